The fourth-order valence-corrected chi connectivity index (χ4v) is 5.00. The summed E-state index contributed by atoms with van der Waals surface area (Å²) < 4.78 is 20.1. The molecule has 2 aromatic heterocycles. The van der Waals surface area contributed by atoms with Crippen LogP contribution in [0, 0.1) is 5.82 Å². The van der Waals surface area contributed by atoms with Gasteiger partial charge in [0, 0.05) is 18.5 Å². The van der Waals surface area contributed by atoms with Crippen molar-refractivity contribution in [1.29, 1.82) is 0 Å². The molecule has 3 atom stereocenters. The topological polar surface area (TPSA) is 80.5 Å². The number of carbonyl (C=O) groups excluding carboxylic acids is 1. The highest BCUT2D eigenvalue weighted by molar-refractivity contribution is 7.12. The third-order valence-electron chi connectivity index (χ3n) is 6.15. The number of methoxy groups -OCH3 is 1. The van der Waals surface area contributed by atoms with E-state index >= 15 is 0 Å². The van der Waals surface area contributed by atoms with Gasteiger partial charge in [0.25, 0.3) is 5.91 Å². The zero-order valence-electron chi connectivity index (χ0n) is 18.4. The minimum absolute atomic E-state index is 0.0911. The number of hydrogen-bond acceptors (Lipinski definition) is 6. The summed E-state index contributed by atoms with van der Waals surface area (Å²) in [4.78, 5) is 15.9. The number of carbonyl (C=O) groups is 1. The highest BCUT2D eigenvalue weighted by atomic mass is 32.1. The van der Waals surface area contributed by atoms with Crippen LogP contribution in [0.4, 0.5) is 4.39 Å². The maximum absolute atomic E-state index is 13.5. The van der Waals surface area contributed by atoms with Crippen LogP contribution in [-0.4, -0.2) is 50.7 Å². The zero-order valence-corrected chi connectivity index (χ0v) is 19.2. The number of aliphatic hydroxyl groups excluding tert-OH is 1. The van der Waals surface area contributed by atoms with Gasteiger partial charge >= 0.3 is 0 Å². The Morgan fingerprint density at radius 2 is 1.91 bits per heavy atom. The molecule has 5 rings (SSSR count). The average Bonchev–Trinajstić information content (AvgIpc) is 3.57. The number of ether oxygens (including phenoxy) is 1. The Morgan fingerprint density at radius 1 is 1.15 bits per heavy atom. The van der Waals surface area contributed by atoms with Gasteiger partial charge in [-0.2, -0.15) is 0 Å². The lowest BCUT2D eigenvalue weighted by molar-refractivity contribution is -0.00164. The van der Waals surface area contributed by atoms with Crippen LogP contribution in [0.1, 0.15) is 33.7 Å². The van der Waals surface area contributed by atoms with Gasteiger partial charge in [0.1, 0.15) is 17.3 Å². The van der Waals surface area contributed by atoms with E-state index in [2.05, 4.69) is 10.3 Å². The molecule has 0 radical (unpaired) electrons. The number of halogens is 1. The second-order valence-electron chi connectivity index (χ2n) is 8.18. The van der Waals surface area contributed by atoms with E-state index in [0.29, 0.717) is 17.0 Å². The number of hydrogen-bond donors (Lipinski definition) is 1. The molecular weight excluding hydrogens is 455 g/mol. The highest BCUT2D eigenvalue weighted by Crippen LogP contribution is 2.37. The van der Waals surface area contributed by atoms with Gasteiger partial charge in [-0.1, -0.05) is 23.4 Å². The normalized spacial score (nSPS) is 20.3. The van der Waals surface area contributed by atoms with Gasteiger partial charge in [0.15, 0.2) is 0 Å². The number of aromatic nitrogens is 3. The lowest BCUT2D eigenvalue weighted by Crippen LogP contribution is -2.48. The van der Waals surface area contributed by atoms with Gasteiger partial charge in [-0.15, -0.1) is 16.4 Å². The van der Waals surface area contributed by atoms with Crippen molar-refractivity contribution in [2.24, 2.45) is 0 Å². The SMILES string of the molecule is COc1ccc([C@H]2C[C@H](O)[C@@H](n3cc(-c4ccc(F)cc4)nn3)CN2C(=O)c2cccs2)cc1. The smallest absolute Gasteiger partial charge is 0.264 e. The van der Waals surface area contributed by atoms with Crippen molar-refractivity contribution in [3.63, 3.8) is 0 Å². The minimum atomic E-state index is -0.748. The molecule has 9 heteroatoms. The molecular formula is C25H23FN4O3S. The number of thiophene rings is 1. The summed E-state index contributed by atoms with van der Waals surface area (Å²) in [6.45, 7) is 0.265. The summed E-state index contributed by atoms with van der Waals surface area (Å²) in [5, 5.41) is 21.4. The van der Waals surface area contributed by atoms with E-state index in [9.17, 15) is 14.3 Å². The van der Waals surface area contributed by atoms with Crippen LogP contribution in [0.15, 0.2) is 72.2 Å². The van der Waals surface area contributed by atoms with Crippen molar-refractivity contribution < 1.29 is 19.0 Å². The number of likely N-dealkylation sites (tertiary alicyclic amines) is 1. The predicted molar refractivity (Wildman–Crippen MR) is 126 cm³/mol. The molecule has 0 aliphatic carbocycles. The lowest BCUT2D eigenvalue weighted by atomic mass is 9.90. The molecule has 0 spiro atoms. The van der Waals surface area contributed by atoms with Gasteiger partial charge in [-0.25, -0.2) is 9.07 Å². The second-order valence-corrected chi connectivity index (χ2v) is 9.13. The second kappa shape index (κ2) is 9.36. The molecule has 3 heterocycles. The molecule has 174 valence electrons. The van der Waals surface area contributed by atoms with Gasteiger partial charge in [-0.3, -0.25) is 4.79 Å². The quantitative estimate of drug-likeness (QED) is 0.462. The van der Waals surface area contributed by atoms with E-state index in [1.807, 2.05) is 35.7 Å². The predicted octanol–water partition coefficient (Wildman–Crippen LogP) is 4.34. The third-order valence-corrected chi connectivity index (χ3v) is 7.01. The molecule has 4 aromatic rings. The highest BCUT2D eigenvalue weighted by Gasteiger charge is 2.40. The fraction of sp³-hybridized carbons (Fsp3) is 0.240. The van der Waals surface area contributed by atoms with E-state index in [-0.39, 0.29) is 24.3 Å². The molecule has 34 heavy (non-hydrogen) atoms. The number of nitrogens with zero attached hydrogens (tertiary/aromatic N) is 4. The van der Waals surface area contributed by atoms with E-state index in [4.69, 9.17) is 4.74 Å². The maximum Gasteiger partial charge on any atom is 0.264 e. The van der Waals surface area contributed by atoms with Crippen molar-refractivity contribution in [3.05, 3.63) is 88.5 Å². The van der Waals surface area contributed by atoms with Crippen molar-refractivity contribution in [2.45, 2.75) is 24.6 Å². The number of piperidine rings is 1. The molecule has 7 nitrogen and oxygen atoms in total. The lowest BCUT2D eigenvalue weighted by Gasteiger charge is -2.42. The van der Waals surface area contributed by atoms with Crippen LogP contribution in [0.25, 0.3) is 11.3 Å². The first-order valence-electron chi connectivity index (χ1n) is 10.9. The molecule has 1 aliphatic rings. The number of amides is 1. The molecule has 2 aromatic carbocycles. The Labute approximate surface area is 200 Å². The number of rotatable bonds is 5. The summed E-state index contributed by atoms with van der Waals surface area (Å²) in [5.41, 5.74) is 2.22. The van der Waals surface area contributed by atoms with E-state index in [1.54, 1.807) is 41.1 Å². The summed E-state index contributed by atoms with van der Waals surface area (Å²) >= 11 is 1.39. The van der Waals surface area contributed by atoms with Crippen LogP contribution in [0.3, 0.4) is 0 Å². The first-order valence-corrected chi connectivity index (χ1v) is 11.8. The van der Waals surface area contributed by atoms with Crippen LogP contribution in [-0.2, 0) is 0 Å². The summed E-state index contributed by atoms with van der Waals surface area (Å²) in [7, 11) is 1.61. The molecule has 1 aliphatic heterocycles. The monoisotopic (exact) mass is 478 g/mol. The summed E-state index contributed by atoms with van der Waals surface area (Å²) in [6, 6.07) is 16.4. The molecule has 0 saturated carbocycles. The fourth-order valence-electron chi connectivity index (χ4n) is 4.32. The largest absolute Gasteiger partial charge is 0.497 e. The molecule has 0 unspecified atom stereocenters. The average molecular weight is 479 g/mol. The summed E-state index contributed by atoms with van der Waals surface area (Å²) in [6.07, 6.45) is 1.32. The standard InChI is InChI=1S/C25H23FN4O3S/c1-33-19-10-6-17(7-11-19)21-13-23(31)22(15-29(21)25(32)24-3-2-12-34-24)30-14-20(27-28-30)16-4-8-18(26)9-5-16/h2-12,14,21-23,31H,13,15H2,1H3/t21-,22+,23+/m1/s1. The van der Waals surface area contributed by atoms with Crippen molar-refractivity contribution in [3.8, 4) is 17.0 Å². The van der Waals surface area contributed by atoms with Crippen LogP contribution in [0.5, 0.6) is 5.75 Å². The summed E-state index contributed by atoms with van der Waals surface area (Å²) in [5.74, 6) is 0.308. The Morgan fingerprint density at radius 3 is 2.59 bits per heavy atom. The molecule has 1 fully saturated rings. The van der Waals surface area contributed by atoms with Crippen LogP contribution >= 0.6 is 11.3 Å². The Hall–Kier alpha value is -3.56. The van der Waals surface area contributed by atoms with Crippen LogP contribution in [0.2, 0.25) is 0 Å². The number of aliphatic hydroxyl groups is 1. The molecule has 1 N–H and O–H groups in total. The Kier molecular flexibility index (Phi) is 6.12. The van der Waals surface area contributed by atoms with Crippen molar-refractivity contribution in [1.82, 2.24) is 19.9 Å². The Balaban J connectivity index is 1.45. The van der Waals surface area contributed by atoms with Crippen molar-refractivity contribution >= 4 is 17.2 Å². The third kappa shape index (κ3) is 4.32. The first kappa shape index (κ1) is 22.2. The molecule has 1 amide bonds. The van der Waals surface area contributed by atoms with Crippen molar-refractivity contribution in [2.75, 3.05) is 13.7 Å². The maximum atomic E-state index is 13.5. The zero-order chi connectivity index (χ0) is 23.7. The van der Waals surface area contributed by atoms with Gasteiger partial charge in [0.2, 0.25) is 0 Å². The number of benzene rings is 2. The van der Waals surface area contributed by atoms with Gasteiger partial charge < -0.3 is 14.7 Å². The Bertz CT molecular complexity index is 1260. The van der Waals surface area contributed by atoms with Gasteiger partial charge in [-0.05, 0) is 53.4 Å². The molecule has 1 saturated heterocycles. The molecule has 0 bridgehead atoms. The minimum Gasteiger partial charge on any atom is -0.497 e. The van der Waals surface area contributed by atoms with E-state index < -0.39 is 12.1 Å². The van der Waals surface area contributed by atoms with E-state index in [0.717, 1.165) is 16.9 Å². The van der Waals surface area contributed by atoms with Crippen LogP contribution < -0.4 is 4.74 Å². The van der Waals surface area contributed by atoms with E-state index in [1.165, 1.54) is 23.5 Å². The first-order chi connectivity index (χ1) is 16.5. The van der Waals surface area contributed by atoms with Gasteiger partial charge in [0.05, 0.1) is 36.4 Å².